The summed E-state index contributed by atoms with van der Waals surface area (Å²) in [5.74, 6) is -8.45. The Bertz CT molecular complexity index is 1290. The zero-order chi connectivity index (χ0) is 26.5. The van der Waals surface area contributed by atoms with Gasteiger partial charge >= 0.3 is 5.97 Å². The van der Waals surface area contributed by atoms with Crippen LogP contribution in [0, 0.1) is 11.8 Å². The van der Waals surface area contributed by atoms with Crippen LogP contribution < -0.4 is 11.1 Å². The summed E-state index contributed by atoms with van der Waals surface area (Å²) in [6.45, 7) is 0. The molecule has 1 aromatic carbocycles. The first-order chi connectivity index (χ1) is 16.9. The fourth-order valence-corrected chi connectivity index (χ4v) is 5.23. The Morgan fingerprint density at radius 2 is 1.83 bits per heavy atom. The Hall–Kier alpha value is -4.19. The summed E-state index contributed by atoms with van der Waals surface area (Å²) >= 11 is 0. The number of benzene rings is 1. The van der Waals surface area contributed by atoms with Gasteiger partial charge in [0.05, 0.1) is 24.8 Å². The maximum atomic E-state index is 13.5. The highest BCUT2D eigenvalue weighted by Gasteiger charge is 2.60. The van der Waals surface area contributed by atoms with Gasteiger partial charge in [-0.25, -0.2) is 0 Å². The number of aliphatic hydroxyl groups excluding tert-OH is 2. The molecule has 0 heterocycles. The number of hydrogen-bond donors (Lipinski definition) is 6. The summed E-state index contributed by atoms with van der Waals surface area (Å²) in [5.41, 5.74) is 1.59. The molecule has 3 aliphatic rings. The van der Waals surface area contributed by atoms with Crippen molar-refractivity contribution in [3.05, 3.63) is 40.2 Å². The van der Waals surface area contributed by atoms with Gasteiger partial charge in [0.15, 0.2) is 11.4 Å². The summed E-state index contributed by atoms with van der Waals surface area (Å²) in [6.07, 6.45) is -0.637. The number of phenolic OH excluding ortho intramolecular Hbond substituents is 1. The van der Waals surface area contributed by atoms with Gasteiger partial charge in [0.1, 0.15) is 22.8 Å². The number of fused-ring (bicyclic) bond motifs is 3. The standard InChI is InChI=1S/C24H24N2O10/c1-36-15(29)5-4-14(28)26-12-3-2-9-6-10-7-11-8-13(27)18(23(25)34)22(33)24(11,35)21(32)17(10)20(31)16(9)19(12)30/h2-3,10-11,30-31,33,35H,4-8H2,1H3,(H2,25,34)(H,26,28)/t10-,11-,24-/m0/s1. The molecule has 0 unspecified atom stereocenters. The monoisotopic (exact) mass is 500 g/mol. The number of amides is 2. The zero-order valence-corrected chi connectivity index (χ0v) is 19.2. The molecule has 3 atom stereocenters. The topological polar surface area (TPSA) is 214 Å². The van der Waals surface area contributed by atoms with Gasteiger partial charge in [-0.2, -0.15) is 0 Å². The number of methoxy groups -OCH3 is 1. The van der Waals surface area contributed by atoms with Gasteiger partial charge in [-0.15, -0.1) is 0 Å². The predicted octanol–water partition coefficient (Wildman–Crippen LogP) is 0.316. The second-order valence-electron chi connectivity index (χ2n) is 9.03. The number of aliphatic hydroxyl groups is 3. The number of carbonyl (C=O) groups excluding carboxylic acids is 5. The molecule has 1 fully saturated rings. The number of nitrogens with two attached hydrogens (primary N) is 1. The molecule has 1 aromatic rings. The quantitative estimate of drug-likeness (QED) is 0.185. The third kappa shape index (κ3) is 3.70. The molecule has 12 nitrogen and oxygen atoms in total. The highest BCUT2D eigenvalue weighted by atomic mass is 16.5. The van der Waals surface area contributed by atoms with E-state index < -0.39 is 76.0 Å². The fraction of sp³-hybridized carbons (Fsp3) is 0.375. The predicted molar refractivity (Wildman–Crippen MR) is 121 cm³/mol. The van der Waals surface area contributed by atoms with E-state index >= 15 is 0 Å². The van der Waals surface area contributed by atoms with Gasteiger partial charge in [-0.3, -0.25) is 24.0 Å². The van der Waals surface area contributed by atoms with Crippen molar-refractivity contribution in [1.29, 1.82) is 0 Å². The van der Waals surface area contributed by atoms with E-state index in [1.807, 2.05) is 0 Å². The van der Waals surface area contributed by atoms with Crippen molar-refractivity contribution in [2.75, 3.05) is 12.4 Å². The highest BCUT2D eigenvalue weighted by Crippen LogP contribution is 2.52. The minimum absolute atomic E-state index is 0.0235. The van der Waals surface area contributed by atoms with Crippen LogP contribution >= 0.6 is 0 Å². The fourth-order valence-electron chi connectivity index (χ4n) is 5.23. The summed E-state index contributed by atoms with van der Waals surface area (Å²) in [6, 6.07) is 2.94. The van der Waals surface area contributed by atoms with Crippen molar-refractivity contribution in [1.82, 2.24) is 0 Å². The van der Waals surface area contributed by atoms with E-state index in [4.69, 9.17) is 5.73 Å². The normalized spacial score (nSPS) is 25.1. The number of esters is 1. The molecule has 0 saturated heterocycles. The molecule has 3 aliphatic carbocycles. The van der Waals surface area contributed by atoms with Gasteiger partial charge in [-0.05, 0) is 30.4 Å². The molecule has 2 amide bonds. The molecule has 1 saturated carbocycles. The molecule has 36 heavy (non-hydrogen) atoms. The van der Waals surface area contributed by atoms with Crippen molar-refractivity contribution in [2.24, 2.45) is 17.6 Å². The molecular weight excluding hydrogens is 476 g/mol. The van der Waals surface area contributed by atoms with E-state index in [0.29, 0.717) is 5.56 Å². The molecular formula is C24H24N2O10. The summed E-state index contributed by atoms with van der Waals surface area (Å²) in [4.78, 5) is 60.9. The van der Waals surface area contributed by atoms with Crippen molar-refractivity contribution in [3.63, 3.8) is 0 Å². The van der Waals surface area contributed by atoms with Crippen molar-refractivity contribution in [2.45, 2.75) is 37.7 Å². The largest absolute Gasteiger partial charge is 0.508 e. The number of carbonyl (C=O) groups is 5. The van der Waals surface area contributed by atoms with Crippen molar-refractivity contribution < 1.29 is 49.1 Å². The Morgan fingerprint density at radius 1 is 1.14 bits per heavy atom. The van der Waals surface area contributed by atoms with Crippen LogP contribution in [0.2, 0.25) is 0 Å². The number of aromatic hydroxyl groups is 1. The Labute approximate surface area is 204 Å². The number of ether oxygens (including phenoxy) is 1. The number of nitrogens with one attached hydrogen (secondary N) is 1. The lowest BCUT2D eigenvalue weighted by atomic mass is 9.59. The van der Waals surface area contributed by atoms with Crippen molar-refractivity contribution >= 4 is 40.8 Å². The zero-order valence-electron chi connectivity index (χ0n) is 19.2. The third-order valence-electron chi connectivity index (χ3n) is 6.99. The van der Waals surface area contributed by atoms with E-state index in [-0.39, 0.29) is 42.5 Å². The van der Waals surface area contributed by atoms with E-state index in [1.165, 1.54) is 19.2 Å². The molecule has 0 radical (unpaired) electrons. The SMILES string of the molecule is COC(=O)CCC(=O)Nc1ccc2c(c1O)C(O)=C1C(=O)[C@]3(O)C(O)=C(C(N)=O)C(=O)C[C@@H]3C[C@@H]1C2. The van der Waals surface area contributed by atoms with Crippen LogP contribution in [0.25, 0.3) is 5.76 Å². The van der Waals surface area contributed by atoms with Crippen LogP contribution in [0.15, 0.2) is 29.0 Å². The average molecular weight is 500 g/mol. The van der Waals surface area contributed by atoms with Gasteiger partial charge in [-0.1, -0.05) is 6.07 Å². The van der Waals surface area contributed by atoms with Crippen LogP contribution in [0.4, 0.5) is 5.69 Å². The number of ketones is 2. The van der Waals surface area contributed by atoms with Gasteiger partial charge < -0.3 is 36.2 Å². The number of anilines is 1. The summed E-state index contributed by atoms with van der Waals surface area (Å²) in [7, 11) is 1.18. The first-order valence-corrected chi connectivity index (χ1v) is 11.1. The van der Waals surface area contributed by atoms with Crippen LogP contribution in [-0.4, -0.2) is 62.5 Å². The molecule has 4 rings (SSSR count). The van der Waals surface area contributed by atoms with Crippen LogP contribution in [0.3, 0.4) is 0 Å². The lowest BCUT2D eigenvalue weighted by Crippen LogP contribution is -2.58. The number of phenols is 1. The summed E-state index contributed by atoms with van der Waals surface area (Å²) < 4.78 is 4.48. The van der Waals surface area contributed by atoms with E-state index in [0.717, 1.165) is 0 Å². The van der Waals surface area contributed by atoms with Gasteiger partial charge in [0.2, 0.25) is 11.7 Å². The lowest BCUT2D eigenvalue weighted by Gasteiger charge is -2.46. The first-order valence-electron chi connectivity index (χ1n) is 11.1. The van der Waals surface area contributed by atoms with Gasteiger partial charge in [0.25, 0.3) is 5.91 Å². The van der Waals surface area contributed by atoms with Crippen LogP contribution in [0.1, 0.15) is 36.8 Å². The Morgan fingerprint density at radius 3 is 2.47 bits per heavy atom. The average Bonchev–Trinajstić information content (AvgIpc) is 2.81. The molecule has 0 bridgehead atoms. The second kappa shape index (κ2) is 8.79. The minimum Gasteiger partial charge on any atom is -0.508 e. The molecule has 0 spiro atoms. The maximum absolute atomic E-state index is 13.5. The molecule has 0 aliphatic heterocycles. The maximum Gasteiger partial charge on any atom is 0.306 e. The van der Waals surface area contributed by atoms with Gasteiger partial charge in [0, 0.05) is 24.3 Å². The smallest absolute Gasteiger partial charge is 0.306 e. The number of rotatable bonds is 5. The Kier molecular flexibility index (Phi) is 6.08. The van der Waals surface area contributed by atoms with Crippen molar-refractivity contribution in [3.8, 4) is 5.75 Å². The summed E-state index contributed by atoms with van der Waals surface area (Å²) in [5, 5.41) is 46.1. The van der Waals surface area contributed by atoms with E-state index in [1.54, 1.807) is 0 Å². The van der Waals surface area contributed by atoms with Crippen LogP contribution in [0.5, 0.6) is 5.75 Å². The molecule has 190 valence electrons. The molecule has 7 N–H and O–H groups in total. The third-order valence-corrected chi connectivity index (χ3v) is 6.99. The number of hydrogen-bond acceptors (Lipinski definition) is 10. The highest BCUT2D eigenvalue weighted by molar-refractivity contribution is 6.22. The Balaban J connectivity index is 1.73. The first kappa shape index (κ1) is 24.9. The van der Waals surface area contributed by atoms with E-state index in [2.05, 4.69) is 10.1 Å². The lowest BCUT2D eigenvalue weighted by molar-refractivity contribution is -0.147. The van der Waals surface area contributed by atoms with Crippen LogP contribution in [-0.2, 0) is 35.1 Å². The van der Waals surface area contributed by atoms with E-state index in [9.17, 15) is 44.4 Å². The molecule has 12 heteroatoms. The minimum atomic E-state index is -2.65. The number of primary amides is 1. The number of Topliss-reactive ketones (excluding diaryl/α,β-unsaturated/α-hetero) is 2. The molecule has 0 aromatic heterocycles. The second-order valence-corrected chi connectivity index (χ2v) is 9.03.